The van der Waals surface area contributed by atoms with E-state index in [4.69, 9.17) is 9.47 Å². The van der Waals surface area contributed by atoms with Crippen molar-refractivity contribution in [1.29, 1.82) is 0 Å². The van der Waals surface area contributed by atoms with Gasteiger partial charge in [-0.15, -0.1) is 0 Å². The first-order valence-electron chi connectivity index (χ1n) is 6.68. The minimum atomic E-state index is -1.35. The summed E-state index contributed by atoms with van der Waals surface area (Å²) < 4.78 is 10.5. The smallest absolute Gasteiger partial charge is 0.280 e. The van der Waals surface area contributed by atoms with Crippen molar-refractivity contribution >= 4 is 0 Å². The summed E-state index contributed by atoms with van der Waals surface area (Å²) in [6.07, 6.45) is 7.77. The van der Waals surface area contributed by atoms with Crippen LogP contribution in [0.3, 0.4) is 0 Å². The van der Waals surface area contributed by atoms with Gasteiger partial charge in [0.1, 0.15) is 0 Å². The number of rotatable bonds is 11. The normalized spacial score (nSPS) is 12.0. The van der Waals surface area contributed by atoms with Crippen LogP contribution in [0.4, 0.5) is 0 Å². The average Bonchev–Trinajstić information content (AvgIpc) is 2.24. The van der Waals surface area contributed by atoms with Crippen LogP contribution < -0.4 is 0 Å². The SMILES string of the molecule is CCCCCCCCC(O)(OCC)OCC. The maximum Gasteiger partial charge on any atom is 0.280 e. The highest BCUT2D eigenvalue weighted by Crippen LogP contribution is 2.19. The van der Waals surface area contributed by atoms with Crippen LogP contribution in [-0.2, 0) is 9.47 Å². The van der Waals surface area contributed by atoms with Crippen LogP contribution in [0.5, 0.6) is 0 Å². The average molecular weight is 232 g/mol. The van der Waals surface area contributed by atoms with Gasteiger partial charge in [-0.1, -0.05) is 39.0 Å². The van der Waals surface area contributed by atoms with Crippen molar-refractivity contribution in [3.05, 3.63) is 0 Å². The fourth-order valence-electron chi connectivity index (χ4n) is 1.77. The van der Waals surface area contributed by atoms with Crippen LogP contribution >= 0.6 is 0 Å². The summed E-state index contributed by atoms with van der Waals surface area (Å²) in [5.74, 6) is -1.35. The number of ether oxygens (including phenoxy) is 2. The second-order valence-electron chi connectivity index (χ2n) is 4.10. The van der Waals surface area contributed by atoms with Gasteiger partial charge in [-0.2, -0.15) is 0 Å². The van der Waals surface area contributed by atoms with Gasteiger partial charge in [-0.25, -0.2) is 0 Å². The van der Waals surface area contributed by atoms with Crippen LogP contribution in [0.1, 0.15) is 65.7 Å². The molecular formula is C13H28O3. The van der Waals surface area contributed by atoms with E-state index >= 15 is 0 Å². The summed E-state index contributed by atoms with van der Waals surface area (Å²) in [5, 5.41) is 9.97. The van der Waals surface area contributed by atoms with E-state index in [1.807, 2.05) is 13.8 Å². The second kappa shape index (κ2) is 10.1. The van der Waals surface area contributed by atoms with Crippen LogP contribution in [0, 0.1) is 0 Å². The minimum Gasteiger partial charge on any atom is -0.343 e. The molecule has 0 fully saturated rings. The molecule has 3 nitrogen and oxygen atoms in total. The monoisotopic (exact) mass is 232 g/mol. The summed E-state index contributed by atoms with van der Waals surface area (Å²) >= 11 is 0. The molecule has 0 aromatic rings. The molecule has 0 rings (SSSR count). The molecule has 16 heavy (non-hydrogen) atoms. The molecule has 0 bridgehead atoms. The van der Waals surface area contributed by atoms with Gasteiger partial charge in [0.15, 0.2) is 0 Å². The van der Waals surface area contributed by atoms with Crippen molar-refractivity contribution < 1.29 is 14.6 Å². The Balaban J connectivity index is 3.59. The summed E-state index contributed by atoms with van der Waals surface area (Å²) in [7, 11) is 0. The molecule has 3 heteroatoms. The summed E-state index contributed by atoms with van der Waals surface area (Å²) in [5.41, 5.74) is 0. The zero-order chi connectivity index (χ0) is 12.3. The van der Waals surface area contributed by atoms with Gasteiger partial charge in [-0.3, -0.25) is 0 Å². The van der Waals surface area contributed by atoms with Crippen LogP contribution in [-0.4, -0.2) is 24.3 Å². The van der Waals surface area contributed by atoms with Gasteiger partial charge in [0, 0.05) is 19.6 Å². The van der Waals surface area contributed by atoms with Crippen LogP contribution in [0.2, 0.25) is 0 Å². The zero-order valence-electron chi connectivity index (χ0n) is 11.1. The van der Waals surface area contributed by atoms with Crippen LogP contribution in [0.15, 0.2) is 0 Å². The fraction of sp³-hybridized carbons (Fsp3) is 1.00. The highest BCUT2D eigenvalue weighted by Gasteiger charge is 2.26. The molecule has 0 saturated heterocycles. The van der Waals surface area contributed by atoms with Gasteiger partial charge >= 0.3 is 0 Å². The lowest BCUT2D eigenvalue weighted by Gasteiger charge is -2.26. The summed E-state index contributed by atoms with van der Waals surface area (Å²) in [6.45, 7) is 6.90. The van der Waals surface area contributed by atoms with Gasteiger partial charge in [0.05, 0.1) is 0 Å². The molecule has 0 aliphatic rings. The van der Waals surface area contributed by atoms with Crippen molar-refractivity contribution in [3.63, 3.8) is 0 Å². The lowest BCUT2D eigenvalue weighted by molar-refractivity contribution is -0.360. The molecule has 1 N–H and O–H groups in total. The number of hydrogen-bond donors (Lipinski definition) is 1. The molecule has 0 saturated carbocycles. The van der Waals surface area contributed by atoms with Crippen molar-refractivity contribution in [3.8, 4) is 0 Å². The van der Waals surface area contributed by atoms with Crippen molar-refractivity contribution in [2.45, 2.75) is 71.7 Å². The Morgan fingerprint density at radius 1 is 0.812 bits per heavy atom. The van der Waals surface area contributed by atoms with Gasteiger partial charge < -0.3 is 14.6 Å². The van der Waals surface area contributed by atoms with Crippen molar-refractivity contribution in [1.82, 2.24) is 0 Å². The Bertz CT molecular complexity index is 142. The van der Waals surface area contributed by atoms with Crippen molar-refractivity contribution in [2.75, 3.05) is 13.2 Å². The third kappa shape index (κ3) is 8.08. The van der Waals surface area contributed by atoms with E-state index in [2.05, 4.69) is 6.92 Å². The lowest BCUT2D eigenvalue weighted by Crippen LogP contribution is -2.35. The number of unbranched alkanes of at least 4 members (excludes halogenated alkanes) is 5. The first-order chi connectivity index (χ1) is 7.68. The highest BCUT2D eigenvalue weighted by molar-refractivity contribution is 4.55. The van der Waals surface area contributed by atoms with E-state index in [0.717, 1.165) is 12.8 Å². The van der Waals surface area contributed by atoms with Gasteiger partial charge in [0.2, 0.25) is 0 Å². The topological polar surface area (TPSA) is 38.7 Å². The molecule has 0 radical (unpaired) electrons. The van der Waals surface area contributed by atoms with E-state index in [-0.39, 0.29) is 0 Å². The molecule has 0 atom stereocenters. The first-order valence-corrected chi connectivity index (χ1v) is 6.68. The Kier molecular flexibility index (Phi) is 9.99. The van der Waals surface area contributed by atoms with E-state index in [1.165, 1.54) is 25.7 Å². The molecule has 98 valence electrons. The molecule has 0 unspecified atom stereocenters. The molecule has 0 aromatic heterocycles. The molecule has 0 heterocycles. The predicted molar refractivity (Wildman–Crippen MR) is 66.2 cm³/mol. The highest BCUT2D eigenvalue weighted by atomic mass is 16.8. The standard InChI is InChI=1S/C13H28O3/c1-4-7-8-9-10-11-12-13(14,15-5-2)16-6-3/h14H,4-12H2,1-3H3. The Labute approximate surface area is 100 Å². The van der Waals surface area contributed by atoms with E-state index in [1.54, 1.807) is 0 Å². The Morgan fingerprint density at radius 3 is 1.81 bits per heavy atom. The molecule has 0 aromatic carbocycles. The Hall–Kier alpha value is -0.120. The third-order valence-electron chi connectivity index (χ3n) is 2.59. The molecule has 0 spiro atoms. The molecule has 0 aliphatic heterocycles. The fourth-order valence-corrected chi connectivity index (χ4v) is 1.77. The molecular weight excluding hydrogens is 204 g/mol. The van der Waals surface area contributed by atoms with E-state index in [9.17, 15) is 5.11 Å². The zero-order valence-corrected chi connectivity index (χ0v) is 11.1. The summed E-state index contributed by atoms with van der Waals surface area (Å²) in [4.78, 5) is 0. The third-order valence-corrected chi connectivity index (χ3v) is 2.59. The second-order valence-corrected chi connectivity index (χ2v) is 4.10. The Morgan fingerprint density at radius 2 is 1.31 bits per heavy atom. The minimum absolute atomic E-state index is 0.479. The first kappa shape index (κ1) is 15.9. The quantitative estimate of drug-likeness (QED) is 0.438. The largest absolute Gasteiger partial charge is 0.343 e. The van der Waals surface area contributed by atoms with Gasteiger partial charge in [0.25, 0.3) is 5.97 Å². The molecule has 0 amide bonds. The lowest BCUT2D eigenvalue weighted by atomic mass is 10.1. The van der Waals surface area contributed by atoms with E-state index in [0.29, 0.717) is 19.6 Å². The molecule has 0 aliphatic carbocycles. The maximum atomic E-state index is 9.97. The number of aliphatic hydroxyl groups is 1. The maximum absolute atomic E-state index is 9.97. The predicted octanol–water partition coefficient (Wildman–Crippen LogP) is 3.46. The van der Waals surface area contributed by atoms with Crippen molar-refractivity contribution in [2.24, 2.45) is 0 Å². The number of hydrogen-bond acceptors (Lipinski definition) is 3. The van der Waals surface area contributed by atoms with E-state index < -0.39 is 5.97 Å². The van der Waals surface area contributed by atoms with Crippen LogP contribution in [0.25, 0.3) is 0 Å². The van der Waals surface area contributed by atoms with Gasteiger partial charge in [-0.05, 0) is 20.3 Å². The summed E-state index contributed by atoms with van der Waals surface area (Å²) in [6, 6.07) is 0.